The second-order valence-electron chi connectivity index (χ2n) is 5.58. The van der Waals surface area contributed by atoms with Crippen molar-refractivity contribution in [2.24, 2.45) is 0 Å². The van der Waals surface area contributed by atoms with E-state index in [-0.39, 0.29) is 0 Å². The van der Waals surface area contributed by atoms with Crippen molar-refractivity contribution in [1.29, 1.82) is 0 Å². The molecule has 0 spiro atoms. The van der Waals surface area contributed by atoms with Gasteiger partial charge in [0.25, 0.3) is 0 Å². The molecule has 0 saturated carbocycles. The van der Waals surface area contributed by atoms with Gasteiger partial charge < -0.3 is 10.3 Å². The monoisotopic (exact) mass is 276 g/mol. The summed E-state index contributed by atoms with van der Waals surface area (Å²) in [6.07, 6.45) is 6.39. The number of nitrogens with zero attached hydrogens (tertiary/aromatic N) is 1. The third-order valence-electron chi connectivity index (χ3n) is 3.81. The summed E-state index contributed by atoms with van der Waals surface area (Å²) in [5.74, 6) is 0.803. The predicted molar refractivity (Wildman–Crippen MR) is 79.6 cm³/mol. The molecule has 2 N–H and O–H groups in total. The molecule has 4 heteroatoms. The Kier molecular flexibility index (Phi) is 3.35. The molecule has 0 aliphatic heterocycles. The molecule has 0 unspecified atom stereocenters. The van der Waals surface area contributed by atoms with Gasteiger partial charge in [-0.15, -0.1) is 11.3 Å². The molecule has 2 aromatic rings. The van der Waals surface area contributed by atoms with Crippen LogP contribution in [0.5, 0.6) is 0 Å². The van der Waals surface area contributed by atoms with Crippen molar-refractivity contribution in [3.8, 4) is 10.6 Å². The summed E-state index contributed by atoms with van der Waals surface area (Å²) < 4.78 is 5.20. The molecule has 1 aliphatic carbocycles. The molecule has 3 nitrogen and oxygen atoms in total. The number of aromatic nitrogens is 1. The minimum absolute atomic E-state index is 0.336. The zero-order chi connectivity index (χ0) is 13.4. The first-order valence-corrected chi connectivity index (χ1v) is 7.85. The fourth-order valence-electron chi connectivity index (χ4n) is 2.83. The summed E-state index contributed by atoms with van der Waals surface area (Å²) >= 11 is 1.87. The van der Waals surface area contributed by atoms with Gasteiger partial charge in [0.2, 0.25) is 5.88 Å². The van der Waals surface area contributed by atoms with Crippen LogP contribution in [0.2, 0.25) is 0 Å². The number of hydrogen-bond acceptors (Lipinski definition) is 4. The minimum Gasteiger partial charge on any atom is -0.367 e. The number of nitrogens with two attached hydrogens (primary N) is 1. The topological polar surface area (TPSA) is 52.0 Å². The molecule has 102 valence electrons. The number of thiophene rings is 1. The maximum atomic E-state index is 5.90. The lowest BCUT2D eigenvalue weighted by Gasteiger charge is -2.03. The van der Waals surface area contributed by atoms with Gasteiger partial charge in [-0.3, -0.25) is 0 Å². The fourth-order valence-corrected chi connectivity index (χ4v) is 4.08. The van der Waals surface area contributed by atoms with E-state index in [4.69, 9.17) is 10.3 Å². The molecular formula is C15H20N2OS. The SMILES string of the molecule is CC(C)c1c(-c2cc3c(s2)CCCCC3)noc1N. The summed E-state index contributed by atoms with van der Waals surface area (Å²) in [6, 6.07) is 2.30. The third-order valence-corrected chi connectivity index (χ3v) is 5.06. The number of aryl methyl sites for hydroxylation is 2. The van der Waals surface area contributed by atoms with Gasteiger partial charge in [-0.05, 0) is 43.2 Å². The quantitative estimate of drug-likeness (QED) is 0.828. The van der Waals surface area contributed by atoms with Gasteiger partial charge in [-0.1, -0.05) is 25.4 Å². The van der Waals surface area contributed by atoms with Crippen LogP contribution in [0, 0.1) is 0 Å². The Balaban J connectivity index is 2.03. The van der Waals surface area contributed by atoms with E-state index < -0.39 is 0 Å². The highest BCUT2D eigenvalue weighted by Gasteiger charge is 2.21. The molecule has 0 bridgehead atoms. The highest BCUT2D eigenvalue weighted by molar-refractivity contribution is 7.15. The minimum atomic E-state index is 0.336. The van der Waals surface area contributed by atoms with E-state index in [1.54, 1.807) is 0 Å². The predicted octanol–water partition coefficient (Wildman–Crippen LogP) is 4.38. The maximum Gasteiger partial charge on any atom is 0.226 e. The summed E-state index contributed by atoms with van der Waals surface area (Å²) in [7, 11) is 0. The number of nitrogen functional groups attached to an aromatic ring is 1. The van der Waals surface area contributed by atoms with Crippen LogP contribution in [0.25, 0.3) is 10.6 Å². The number of anilines is 1. The van der Waals surface area contributed by atoms with Crippen LogP contribution in [0.15, 0.2) is 10.6 Å². The molecule has 2 aromatic heterocycles. The zero-order valence-electron chi connectivity index (χ0n) is 11.5. The number of fused-ring (bicyclic) bond motifs is 1. The van der Waals surface area contributed by atoms with Crippen LogP contribution < -0.4 is 5.73 Å². The molecular weight excluding hydrogens is 256 g/mol. The second-order valence-corrected chi connectivity index (χ2v) is 6.72. The van der Waals surface area contributed by atoms with E-state index in [1.165, 1.54) is 47.4 Å². The van der Waals surface area contributed by atoms with Gasteiger partial charge in [0.15, 0.2) is 0 Å². The Morgan fingerprint density at radius 3 is 2.84 bits per heavy atom. The largest absolute Gasteiger partial charge is 0.367 e. The van der Waals surface area contributed by atoms with E-state index in [0.29, 0.717) is 11.8 Å². The lowest BCUT2D eigenvalue weighted by atomic mass is 10.0. The van der Waals surface area contributed by atoms with Crippen molar-refractivity contribution in [1.82, 2.24) is 5.16 Å². The van der Waals surface area contributed by atoms with E-state index in [0.717, 1.165) is 11.3 Å². The van der Waals surface area contributed by atoms with Gasteiger partial charge in [0.05, 0.1) is 4.88 Å². The Hall–Kier alpha value is -1.29. The van der Waals surface area contributed by atoms with Crippen molar-refractivity contribution in [2.75, 3.05) is 5.73 Å². The first-order valence-electron chi connectivity index (χ1n) is 7.04. The summed E-state index contributed by atoms with van der Waals surface area (Å²) in [5, 5.41) is 4.18. The molecule has 19 heavy (non-hydrogen) atoms. The van der Waals surface area contributed by atoms with Crippen LogP contribution in [-0.4, -0.2) is 5.16 Å². The highest BCUT2D eigenvalue weighted by Crippen LogP contribution is 2.39. The molecule has 1 aliphatic rings. The third kappa shape index (κ3) is 2.29. The Bertz CT molecular complexity index is 559. The fraction of sp³-hybridized carbons (Fsp3) is 0.533. The van der Waals surface area contributed by atoms with Crippen molar-refractivity contribution >= 4 is 17.2 Å². The van der Waals surface area contributed by atoms with Crippen LogP contribution in [0.4, 0.5) is 5.88 Å². The van der Waals surface area contributed by atoms with Crippen molar-refractivity contribution < 1.29 is 4.52 Å². The summed E-state index contributed by atoms with van der Waals surface area (Å²) in [4.78, 5) is 2.75. The zero-order valence-corrected chi connectivity index (χ0v) is 12.3. The Morgan fingerprint density at radius 2 is 2.05 bits per heavy atom. The summed E-state index contributed by atoms with van der Waals surface area (Å²) in [5.41, 5.74) is 9.41. The van der Waals surface area contributed by atoms with Crippen LogP contribution in [0.3, 0.4) is 0 Å². The molecule has 0 atom stereocenters. The van der Waals surface area contributed by atoms with E-state index >= 15 is 0 Å². The lowest BCUT2D eigenvalue weighted by Crippen LogP contribution is -1.93. The highest BCUT2D eigenvalue weighted by atomic mass is 32.1. The Labute approximate surface area is 117 Å². The molecule has 0 amide bonds. The molecule has 0 saturated heterocycles. The average molecular weight is 276 g/mol. The smallest absolute Gasteiger partial charge is 0.226 e. The van der Waals surface area contributed by atoms with E-state index in [2.05, 4.69) is 25.1 Å². The molecule has 2 heterocycles. The normalized spacial score (nSPS) is 15.5. The van der Waals surface area contributed by atoms with Crippen LogP contribution >= 0.6 is 11.3 Å². The molecule has 0 fully saturated rings. The first-order chi connectivity index (χ1) is 9.16. The first kappa shape index (κ1) is 12.7. The van der Waals surface area contributed by atoms with Crippen molar-refractivity contribution in [3.63, 3.8) is 0 Å². The molecule has 0 aromatic carbocycles. The second kappa shape index (κ2) is 5.00. The lowest BCUT2D eigenvalue weighted by molar-refractivity contribution is 0.438. The van der Waals surface area contributed by atoms with Gasteiger partial charge in [-0.2, -0.15) is 0 Å². The number of rotatable bonds is 2. The van der Waals surface area contributed by atoms with E-state index in [1.807, 2.05) is 11.3 Å². The van der Waals surface area contributed by atoms with Gasteiger partial charge in [0.1, 0.15) is 5.69 Å². The summed E-state index contributed by atoms with van der Waals surface area (Å²) in [6.45, 7) is 4.26. The standard InChI is InChI=1S/C15H20N2OS/c1-9(2)13-14(17-18-15(13)16)12-8-10-6-4-3-5-7-11(10)19-12/h8-9H,3-7,16H2,1-2H3. The molecule has 3 rings (SSSR count). The van der Waals surface area contributed by atoms with Crippen LogP contribution in [0.1, 0.15) is 55.0 Å². The van der Waals surface area contributed by atoms with Gasteiger partial charge in [-0.25, -0.2) is 0 Å². The van der Waals surface area contributed by atoms with Crippen molar-refractivity contribution in [2.45, 2.75) is 51.9 Å². The van der Waals surface area contributed by atoms with E-state index in [9.17, 15) is 0 Å². The van der Waals surface area contributed by atoms with Crippen LogP contribution in [-0.2, 0) is 12.8 Å². The Morgan fingerprint density at radius 1 is 1.26 bits per heavy atom. The maximum absolute atomic E-state index is 5.90. The van der Waals surface area contributed by atoms with Gasteiger partial charge >= 0.3 is 0 Å². The molecule has 0 radical (unpaired) electrons. The average Bonchev–Trinajstić information content (AvgIpc) is 2.87. The van der Waals surface area contributed by atoms with Gasteiger partial charge in [0, 0.05) is 10.4 Å². The van der Waals surface area contributed by atoms with Crippen molar-refractivity contribution in [3.05, 3.63) is 22.1 Å². The number of hydrogen-bond donors (Lipinski definition) is 1.